The van der Waals surface area contributed by atoms with Gasteiger partial charge in [-0.3, -0.25) is 9.20 Å². The molecule has 0 aromatic carbocycles. The van der Waals surface area contributed by atoms with E-state index in [1.807, 2.05) is 0 Å². The molecule has 140 valence electrons. The highest BCUT2D eigenvalue weighted by atomic mass is 19.3. The Morgan fingerprint density at radius 3 is 2.73 bits per heavy atom. The minimum Gasteiger partial charge on any atom is -0.338 e. The lowest BCUT2D eigenvalue weighted by Gasteiger charge is -2.28. The van der Waals surface area contributed by atoms with E-state index in [1.54, 1.807) is 6.20 Å². The van der Waals surface area contributed by atoms with E-state index in [1.165, 1.54) is 10.6 Å². The van der Waals surface area contributed by atoms with Gasteiger partial charge in [0, 0.05) is 30.8 Å². The first-order valence-corrected chi connectivity index (χ1v) is 8.71. The van der Waals surface area contributed by atoms with E-state index in [9.17, 15) is 18.4 Å². The smallest absolute Gasteiger partial charge is 0.315 e. The summed E-state index contributed by atoms with van der Waals surface area (Å²) >= 11 is 0. The van der Waals surface area contributed by atoms with Gasteiger partial charge in [-0.2, -0.15) is 0 Å². The number of nitrogens with zero attached hydrogens (tertiary/aromatic N) is 3. The molecule has 2 aliphatic rings. The summed E-state index contributed by atoms with van der Waals surface area (Å²) in [5.74, 6) is -1.81. The van der Waals surface area contributed by atoms with Gasteiger partial charge in [-0.05, 0) is 31.6 Å². The van der Waals surface area contributed by atoms with Crippen molar-refractivity contribution < 1.29 is 13.6 Å². The Bertz CT molecular complexity index is 884. The molecular weight excluding hydrogens is 346 g/mol. The van der Waals surface area contributed by atoms with E-state index < -0.39 is 11.3 Å². The van der Waals surface area contributed by atoms with Crippen molar-refractivity contribution in [1.82, 2.24) is 30.2 Å². The Kier molecular flexibility index (Phi) is 3.92. The molecule has 2 aromatic heterocycles. The van der Waals surface area contributed by atoms with Gasteiger partial charge in [0.1, 0.15) is 0 Å². The highest BCUT2D eigenvalue weighted by Crippen LogP contribution is 2.67. The maximum Gasteiger partial charge on any atom is 0.315 e. The lowest BCUT2D eigenvalue weighted by Crippen LogP contribution is -2.39. The number of hydrogen-bond donors (Lipinski definition) is 3. The van der Waals surface area contributed by atoms with Crippen LogP contribution >= 0.6 is 0 Å². The number of fused-ring (bicyclic) bond motifs is 1. The normalized spacial score (nSPS) is 26.8. The molecule has 1 spiro atoms. The van der Waals surface area contributed by atoms with E-state index in [0.29, 0.717) is 38.1 Å². The number of aromatic nitrogens is 4. The number of alkyl halides is 2. The molecule has 10 heteroatoms. The van der Waals surface area contributed by atoms with E-state index in [-0.39, 0.29) is 36.1 Å². The largest absolute Gasteiger partial charge is 0.338 e. The number of amides is 2. The number of aromatic amines is 1. The molecule has 2 heterocycles. The van der Waals surface area contributed by atoms with Crippen LogP contribution in [0.4, 0.5) is 13.6 Å². The van der Waals surface area contributed by atoms with Crippen molar-refractivity contribution >= 4 is 11.7 Å². The van der Waals surface area contributed by atoms with Gasteiger partial charge in [-0.15, -0.1) is 10.2 Å². The molecule has 4 rings (SSSR count). The molecule has 0 saturated heterocycles. The molecule has 2 saturated carbocycles. The number of halogens is 2. The summed E-state index contributed by atoms with van der Waals surface area (Å²) in [6.45, 7) is 0.587. The predicted octanol–water partition coefficient (Wildman–Crippen LogP) is 1.43. The van der Waals surface area contributed by atoms with Crippen LogP contribution in [0.15, 0.2) is 17.2 Å². The van der Waals surface area contributed by atoms with E-state index >= 15 is 0 Å². The van der Waals surface area contributed by atoms with Crippen molar-refractivity contribution in [2.45, 2.75) is 44.6 Å². The third-order valence-electron chi connectivity index (χ3n) is 5.64. The summed E-state index contributed by atoms with van der Waals surface area (Å²) in [7, 11) is 0. The molecule has 26 heavy (non-hydrogen) atoms. The van der Waals surface area contributed by atoms with Crippen molar-refractivity contribution in [1.29, 1.82) is 0 Å². The van der Waals surface area contributed by atoms with Crippen molar-refractivity contribution in [3.8, 4) is 0 Å². The highest BCUT2D eigenvalue weighted by molar-refractivity contribution is 5.73. The van der Waals surface area contributed by atoms with Crippen molar-refractivity contribution in [2.75, 3.05) is 6.54 Å². The van der Waals surface area contributed by atoms with Gasteiger partial charge in [-0.1, -0.05) is 0 Å². The minimum absolute atomic E-state index is 0.0236. The van der Waals surface area contributed by atoms with E-state index in [4.69, 9.17) is 0 Å². The summed E-state index contributed by atoms with van der Waals surface area (Å²) in [6.07, 6.45) is 5.61. The van der Waals surface area contributed by atoms with Crippen LogP contribution in [0.3, 0.4) is 0 Å². The van der Waals surface area contributed by atoms with Crippen molar-refractivity contribution in [2.24, 2.45) is 11.3 Å². The van der Waals surface area contributed by atoms with Gasteiger partial charge >= 0.3 is 6.03 Å². The second-order valence-corrected chi connectivity index (χ2v) is 7.27. The second kappa shape index (κ2) is 6.03. The molecule has 2 aromatic rings. The average molecular weight is 366 g/mol. The molecule has 0 radical (unpaired) electrons. The number of nitrogens with one attached hydrogen (secondary N) is 3. The van der Waals surface area contributed by atoms with Gasteiger partial charge in [-0.25, -0.2) is 13.6 Å². The summed E-state index contributed by atoms with van der Waals surface area (Å²) in [5.41, 5.74) is -0.942. The van der Waals surface area contributed by atoms with Crippen LogP contribution in [0, 0.1) is 11.3 Å². The Labute approximate surface area is 147 Å². The Hall–Kier alpha value is -2.52. The molecule has 2 fully saturated rings. The van der Waals surface area contributed by atoms with Crippen molar-refractivity contribution in [3.63, 3.8) is 0 Å². The van der Waals surface area contributed by atoms with Gasteiger partial charge in [0.25, 0.3) is 11.5 Å². The van der Waals surface area contributed by atoms with Gasteiger partial charge in [0.05, 0.1) is 6.54 Å². The van der Waals surface area contributed by atoms with E-state index in [0.717, 1.165) is 0 Å². The number of hydrogen-bond acceptors (Lipinski definition) is 4. The van der Waals surface area contributed by atoms with Gasteiger partial charge < -0.3 is 15.6 Å². The Morgan fingerprint density at radius 1 is 1.31 bits per heavy atom. The molecule has 8 nitrogen and oxygen atoms in total. The zero-order valence-electron chi connectivity index (χ0n) is 14.1. The fourth-order valence-corrected chi connectivity index (χ4v) is 3.82. The summed E-state index contributed by atoms with van der Waals surface area (Å²) in [5, 5.41) is 13.1. The lowest BCUT2D eigenvalue weighted by atomic mass is 9.79. The first kappa shape index (κ1) is 16.9. The van der Waals surface area contributed by atoms with Gasteiger partial charge in [0.15, 0.2) is 5.82 Å². The number of rotatable bonds is 4. The quantitative estimate of drug-likeness (QED) is 0.761. The van der Waals surface area contributed by atoms with Crippen LogP contribution < -0.4 is 16.2 Å². The summed E-state index contributed by atoms with van der Waals surface area (Å²) in [6, 6.07) is -0.358. The van der Waals surface area contributed by atoms with Crippen LogP contribution in [0.5, 0.6) is 0 Å². The fourth-order valence-electron chi connectivity index (χ4n) is 3.82. The number of H-pyrrole nitrogens is 1. The average Bonchev–Trinajstić information content (AvgIpc) is 2.94. The minimum atomic E-state index is -2.48. The first-order chi connectivity index (χ1) is 12.4. The molecule has 0 bridgehead atoms. The zero-order chi connectivity index (χ0) is 18.4. The molecule has 0 aliphatic heterocycles. The number of carbonyl (C=O) groups is 1. The van der Waals surface area contributed by atoms with Crippen LogP contribution in [0.25, 0.3) is 5.65 Å². The fraction of sp³-hybridized carbons (Fsp3) is 0.625. The van der Waals surface area contributed by atoms with Gasteiger partial charge in [0.2, 0.25) is 5.65 Å². The van der Waals surface area contributed by atoms with Crippen LogP contribution in [0.1, 0.15) is 37.9 Å². The van der Waals surface area contributed by atoms with Crippen molar-refractivity contribution in [3.05, 3.63) is 28.6 Å². The summed E-state index contributed by atoms with van der Waals surface area (Å²) in [4.78, 5) is 26.0. The molecular formula is C16H20F2N6O2. The molecule has 0 unspecified atom stereocenters. The third-order valence-corrected chi connectivity index (χ3v) is 5.64. The molecule has 0 atom stereocenters. The SMILES string of the molecule is O=C(NCc1nnc2c(=O)[nH]ccn12)NCC1CCC2(CC1)CC2(F)F. The Balaban J connectivity index is 1.23. The predicted molar refractivity (Wildman–Crippen MR) is 87.8 cm³/mol. The maximum atomic E-state index is 13.4. The highest BCUT2D eigenvalue weighted by Gasteiger charge is 2.70. The van der Waals surface area contributed by atoms with Crippen LogP contribution in [0.2, 0.25) is 0 Å². The number of urea groups is 1. The third kappa shape index (κ3) is 2.93. The number of carbonyl (C=O) groups excluding carboxylic acids is 1. The molecule has 3 N–H and O–H groups in total. The summed E-state index contributed by atoms with van der Waals surface area (Å²) < 4.78 is 28.3. The van der Waals surface area contributed by atoms with E-state index in [2.05, 4.69) is 25.8 Å². The second-order valence-electron chi connectivity index (χ2n) is 7.27. The maximum absolute atomic E-state index is 13.4. The topological polar surface area (TPSA) is 104 Å². The zero-order valence-corrected chi connectivity index (χ0v) is 14.1. The first-order valence-electron chi connectivity index (χ1n) is 8.71. The molecule has 2 aliphatic carbocycles. The Morgan fingerprint density at radius 2 is 2.04 bits per heavy atom. The standard InChI is InChI=1S/C16H20F2N6O2/c17-16(18)9-15(16)3-1-10(2-4-15)7-20-14(26)21-8-11-22-23-12-13(25)19-5-6-24(11)12/h5-6,10H,1-4,7-9H2,(H,19,25)(H2,20,21,26). The van der Waals surface area contributed by atoms with Crippen LogP contribution in [-0.4, -0.2) is 38.1 Å². The van der Waals surface area contributed by atoms with Crippen LogP contribution in [-0.2, 0) is 6.54 Å². The lowest BCUT2D eigenvalue weighted by molar-refractivity contribution is 0.0408. The molecule has 2 amide bonds. The monoisotopic (exact) mass is 366 g/mol.